The highest BCUT2D eigenvalue weighted by Crippen LogP contribution is 2.30. The molecular formula is C24H21N3O2S. The lowest BCUT2D eigenvalue weighted by Gasteiger charge is -2.13. The SMILES string of the molecule is C/C(=C\c1c(NC=O)cccc1NSc1cccnc1)C(=O)/C=C/c1ccccc1. The van der Waals surface area contributed by atoms with Crippen molar-refractivity contribution in [2.75, 3.05) is 10.0 Å². The monoisotopic (exact) mass is 415 g/mol. The number of pyridine rings is 1. The van der Waals surface area contributed by atoms with Gasteiger partial charge >= 0.3 is 0 Å². The maximum atomic E-state index is 12.6. The molecule has 1 amide bonds. The van der Waals surface area contributed by atoms with Crippen LogP contribution in [0.3, 0.4) is 0 Å². The second-order valence-electron chi connectivity index (χ2n) is 6.36. The summed E-state index contributed by atoms with van der Waals surface area (Å²) in [4.78, 5) is 28.7. The molecule has 1 aromatic heterocycles. The van der Waals surface area contributed by atoms with Gasteiger partial charge in [0.2, 0.25) is 6.41 Å². The summed E-state index contributed by atoms with van der Waals surface area (Å²) in [6, 6.07) is 19.0. The topological polar surface area (TPSA) is 71.1 Å². The van der Waals surface area contributed by atoms with Gasteiger partial charge in [-0.25, -0.2) is 0 Å². The van der Waals surface area contributed by atoms with Crippen molar-refractivity contribution in [3.8, 4) is 0 Å². The van der Waals surface area contributed by atoms with Crippen molar-refractivity contribution in [1.29, 1.82) is 0 Å². The van der Waals surface area contributed by atoms with Crippen molar-refractivity contribution in [1.82, 2.24) is 4.98 Å². The van der Waals surface area contributed by atoms with Crippen LogP contribution in [0, 0.1) is 0 Å². The number of anilines is 2. The molecule has 0 aliphatic carbocycles. The zero-order chi connectivity index (χ0) is 21.2. The number of carbonyl (C=O) groups is 2. The Morgan fingerprint density at radius 2 is 1.80 bits per heavy atom. The number of nitrogens with zero attached hydrogens (tertiary/aromatic N) is 1. The van der Waals surface area contributed by atoms with E-state index >= 15 is 0 Å². The minimum Gasteiger partial charge on any atom is -0.328 e. The second kappa shape index (κ2) is 10.8. The number of amides is 1. The fourth-order valence-electron chi connectivity index (χ4n) is 2.68. The van der Waals surface area contributed by atoms with E-state index in [0.717, 1.165) is 21.7 Å². The van der Waals surface area contributed by atoms with Gasteiger partial charge in [0.05, 0.1) is 5.69 Å². The van der Waals surface area contributed by atoms with E-state index in [1.807, 2.05) is 54.6 Å². The van der Waals surface area contributed by atoms with Gasteiger partial charge in [-0.15, -0.1) is 0 Å². The maximum absolute atomic E-state index is 12.6. The molecule has 5 nitrogen and oxygen atoms in total. The highest BCUT2D eigenvalue weighted by atomic mass is 32.2. The summed E-state index contributed by atoms with van der Waals surface area (Å²) >= 11 is 1.40. The third-order valence-corrected chi connectivity index (χ3v) is 5.01. The van der Waals surface area contributed by atoms with Gasteiger partial charge in [-0.1, -0.05) is 42.5 Å². The molecule has 6 heteroatoms. The molecule has 3 rings (SSSR count). The third kappa shape index (κ3) is 5.93. The summed E-state index contributed by atoms with van der Waals surface area (Å²) in [7, 11) is 0. The summed E-state index contributed by atoms with van der Waals surface area (Å²) in [5.74, 6) is -0.106. The predicted octanol–water partition coefficient (Wildman–Crippen LogP) is 5.45. The number of allylic oxidation sites excluding steroid dienone is 2. The van der Waals surface area contributed by atoms with Gasteiger partial charge in [0.1, 0.15) is 0 Å². The van der Waals surface area contributed by atoms with E-state index in [9.17, 15) is 9.59 Å². The quantitative estimate of drug-likeness (QED) is 0.276. The number of hydrogen-bond acceptors (Lipinski definition) is 5. The maximum Gasteiger partial charge on any atom is 0.211 e. The summed E-state index contributed by atoms with van der Waals surface area (Å²) in [5.41, 5.74) is 3.62. The van der Waals surface area contributed by atoms with Crippen LogP contribution in [0.25, 0.3) is 12.2 Å². The Morgan fingerprint density at radius 1 is 1.00 bits per heavy atom. The molecule has 2 aromatic carbocycles. The molecule has 0 spiro atoms. The Kier molecular flexibility index (Phi) is 7.58. The van der Waals surface area contributed by atoms with Crippen LogP contribution in [0.1, 0.15) is 18.1 Å². The Bertz CT molecular complexity index is 1060. The van der Waals surface area contributed by atoms with Gasteiger partial charge in [-0.2, -0.15) is 0 Å². The Balaban J connectivity index is 1.85. The van der Waals surface area contributed by atoms with Gasteiger partial charge in [0.15, 0.2) is 5.78 Å². The van der Waals surface area contributed by atoms with Crippen LogP contribution in [0.5, 0.6) is 0 Å². The van der Waals surface area contributed by atoms with Gasteiger partial charge < -0.3 is 10.0 Å². The first-order valence-corrected chi connectivity index (χ1v) is 10.1. The average molecular weight is 416 g/mol. The van der Waals surface area contributed by atoms with Crippen molar-refractivity contribution in [2.45, 2.75) is 11.8 Å². The second-order valence-corrected chi connectivity index (χ2v) is 7.24. The predicted molar refractivity (Wildman–Crippen MR) is 124 cm³/mol. The standard InChI is InChI=1S/C24H21N3O2S/c1-18(24(29)13-12-19-7-3-2-4-8-19)15-21-22(26-17-28)10-5-11-23(21)27-30-20-9-6-14-25-16-20/h2-17,27H,1H3,(H,26,28)/b13-12+,18-15+. The van der Waals surface area contributed by atoms with Gasteiger partial charge in [0, 0.05) is 28.5 Å². The molecule has 0 aliphatic heterocycles. The average Bonchev–Trinajstić information content (AvgIpc) is 2.79. The van der Waals surface area contributed by atoms with Crippen molar-refractivity contribution in [3.05, 3.63) is 95.8 Å². The summed E-state index contributed by atoms with van der Waals surface area (Å²) in [6.45, 7) is 1.76. The van der Waals surface area contributed by atoms with Crippen LogP contribution in [0.15, 0.2) is 89.6 Å². The number of carbonyl (C=O) groups excluding carboxylic acids is 2. The number of ketones is 1. The highest BCUT2D eigenvalue weighted by Gasteiger charge is 2.09. The third-order valence-electron chi connectivity index (χ3n) is 4.21. The summed E-state index contributed by atoms with van der Waals surface area (Å²) in [5, 5.41) is 2.70. The lowest BCUT2D eigenvalue weighted by atomic mass is 10.0. The smallest absolute Gasteiger partial charge is 0.211 e. The van der Waals surface area contributed by atoms with Crippen LogP contribution >= 0.6 is 11.9 Å². The molecule has 2 N–H and O–H groups in total. The Hall–Kier alpha value is -3.64. The first-order chi connectivity index (χ1) is 14.7. The summed E-state index contributed by atoms with van der Waals surface area (Å²) < 4.78 is 3.28. The summed E-state index contributed by atoms with van der Waals surface area (Å²) in [6.07, 6.45) is 9.20. The number of aromatic nitrogens is 1. The zero-order valence-electron chi connectivity index (χ0n) is 16.4. The van der Waals surface area contributed by atoms with Crippen LogP contribution in [-0.4, -0.2) is 17.2 Å². The molecular weight excluding hydrogens is 394 g/mol. The number of nitrogens with one attached hydrogen (secondary N) is 2. The van der Waals surface area contributed by atoms with Crippen LogP contribution in [-0.2, 0) is 9.59 Å². The Morgan fingerprint density at radius 3 is 2.53 bits per heavy atom. The number of rotatable bonds is 9. The highest BCUT2D eigenvalue weighted by molar-refractivity contribution is 8.00. The van der Waals surface area contributed by atoms with E-state index in [2.05, 4.69) is 15.0 Å². The number of benzene rings is 2. The minimum atomic E-state index is -0.106. The van der Waals surface area contributed by atoms with E-state index < -0.39 is 0 Å². The molecule has 30 heavy (non-hydrogen) atoms. The van der Waals surface area contributed by atoms with Gasteiger partial charge in [-0.05, 0) is 66.4 Å². The molecule has 3 aromatic rings. The van der Waals surface area contributed by atoms with E-state index in [-0.39, 0.29) is 5.78 Å². The van der Waals surface area contributed by atoms with Crippen LogP contribution < -0.4 is 10.0 Å². The van der Waals surface area contributed by atoms with E-state index in [4.69, 9.17) is 0 Å². The molecule has 0 unspecified atom stereocenters. The van der Waals surface area contributed by atoms with Gasteiger partial charge in [-0.3, -0.25) is 14.6 Å². The first-order valence-electron chi connectivity index (χ1n) is 9.29. The van der Waals surface area contributed by atoms with Gasteiger partial charge in [0.25, 0.3) is 0 Å². The normalized spacial score (nSPS) is 11.3. The van der Waals surface area contributed by atoms with Crippen LogP contribution in [0.2, 0.25) is 0 Å². The van der Waals surface area contributed by atoms with Crippen molar-refractivity contribution in [2.24, 2.45) is 0 Å². The Labute approximate surface area is 180 Å². The molecule has 0 fully saturated rings. The lowest BCUT2D eigenvalue weighted by molar-refractivity contribution is -0.111. The molecule has 0 radical (unpaired) electrons. The zero-order valence-corrected chi connectivity index (χ0v) is 17.2. The number of hydrogen-bond donors (Lipinski definition) is 2. The molecule has 1 heterocycles. The van der Waals surface area contributed by atoms with E-state index in [1.165, 1.54) is 11.9 Å². The fraction of sp³-hybridized carbons (Fsp3) is 0.0417. The molecule has 0 atom stereocenters. The van der Waals surface area contributed by atoms with Crippen molar-refractivity contribution >= 4 is 47.7 Å². The minimum absolute atomic E-state index is 0.106. The first kappa shape index (κ1) is 21.1. The van der Waals surface area contributed by atoms with Crippen molar-refractivity contribution in [3.63, 3.8) is 0 Å². The largest absolute Gasteiger partial charge is 0.328 e. The van der Waals surface area contributed by atoms with E-state index in [0.29, 0.717) is 17.7 Å². The van der Waals surface area contributed by atoms with Crippen LogP contribution in [0.4, 0.5) is 11.4 Å². The molecule has 0 saturated carbocycles. The molecule has 0 aliphatic rings. The molecule has 0 saturated heterocycles. The lowest BCUT2D eigenvalue weighted by Crippen LogP contribution is -2.01. The van der Waals surface area contributed by atoms with E-state index in [1.54, 1.807) is 43.6 Å². The fourth-order valence-corrected chi connectivity index (χ4v) is 3.34. The molecule has 150 valence electrons. The van der Waals surface area contributed by atoms with Crippen molar-refractivity contribution < 1.29 is 9.59 Å². The molecule has 0 bridgehead atoms.